The summed E-state index contributed by atoms with van der Waals surface area (Å²) in [6.07, 6.45) is 4.83. The lowest BCUT2D eigenvalue weighted by Gasteiger charge is -2.10. The molecule has 3 N–H and O–H groups in total. The number of nitrogens with zero attached hydrogens (tertiary/aromatic N) is 5. The highest BCUT2D eigenvalue weighted by Crippen LogP contribution is 2.24. The Labute approximate surface area is 178 Å². The van der Waals surface area contributed by atoms with Crippen molar-refractivity contribution >= 4 is 34.4 Å². The summed E-state index contributed by atoms with van der Waals surface area (Å²) in [6, 6.07) is 12.4. The summed E-state index contributed by atoms with van der Waals surface area (Å²) in [6.45, 7) is 1.52. The average Bonchev–Trinajstić information content (AvgIpc) is 3.15. The van der Waals surface area contributed by atoms with Crippen LogP contribution in [0.15, 0.2) is 60.0 Å². The Morgan fingerprint density at radius 3 is 2.97 bits per heavy atom. The predicted octanol–water partition coefficient (Wildman–Crippen LogP) is 3.40. The standard InChI is InChI=1S/C22H22FN7O/c1-31-8-7-25-12-19-21(24)26-14-27-22(19)29-18-5-6-20-16(10-18)11-28-30(20)13-15-3-2-4-17(23)9-15/h2-6,9-12,14H,7-8,13H2,1H3,(H3,24,26,27,29). The Morgan fingerprint density at radius 1 is 1.23 bits per heavy atom. The van der Waals surface area contributed by atoms with E-state index in [0.717, 1.165) is 22.2 Å². The van der Waals surface area contributed by atoms with E-state index in [1.807, 2.05) is 28.9 Å². The maximum atomic E-state index is 13.5. The number of nitrogen functional groups attached to an aromatic ring is 1. The Hall–Kier alpha value is -3.85. The van der Waals surface area contributed by atoms with Crippen LogP contribution in [0.25, 0.3) is 10.9 Å². The van der Waals surface area contributed by atoms with Gasteiger partial charge in [-0.25, -0.2) is 14.4 Å². The smallest absolute Gasteiger partial charge is 0.144 e. The van der Waals surface area contributed by atoms with Crippen LogP contribution in [0.5, 0.6) is 0 Å². The number of hydrogen-bond donors (Lipinski definition) is 2. The number of halogens is 1. The van der Waals surface area contributed by atoms with Gasteiger partial charge in [0, 0.05) is 24.4 Å². The predicted molar refractivity (Wildman–Crippen MR) is 119 cm³/mol. The SMILES string of the molecule is COCCN=Cc1c(N)ncnc1Nc1ccc2c(cnn2Cc2cccc(F)c2)c1. The topological polar surface area (TPSA) is 103 Å². The van der Waals surface area contributed by atoms with E-state index in [1.54, 1.807) is 25.6 Å². The molecule has 2 heterocycles. The molecule has 0 spiro atoms. The highest BCUT2D eigenvalue weighted by atomic mass is 19.1. The second kappa shape index (κ2) is 9.31. The van der Waals surface area contributed by atoms with Crippen LogP contribution in [0.1, 0.15) is 11.1 Å². The van der Waals surface area contributed by atoms with Crippen LogP contribution in [-0.4, -0.2) is 46.2 Å². The van der Waals surface area contributed by atoms with Crippen molar-refractivity contribution in [3.63, 3.8) is 0 Å². The monoisotopic (exact) mass is 419 g/mol. The maximum Gasteiger partial charge on any atom is 0.144 e. The number of anilines is 3. The Balaban J connectivity index is 1.56. The van der Waals surface area contributed by atoms with E-state index < -0.39 is 0 Å². The minimum absolute atomic E-state index is 0.258. The van der Waals surface area contributed by atoms with Gasteiger partial charge < -0.3 is 15.8 Å². The van der Waals surface area contributed by atoms with Crippen LogP contribution >= 0.6 is 0 Å². The Morgan fingerprint density at radius 2 is 2.13 bits per heavy atom. The van der Waals surface area contributed by atoms with E-state index in [-0.39, 0.29) is 5.82 Å². The molecular formula is C22H22FN7O. The van der Waals surface area contributed by atoms with Crippen molar-refractivity contribution in [1.29, 1.82) is 0 Å². The van der Waals surface area contributed by atoms with E-state index >= 15 is 0 Å². The molecular weight excluding hydrogens is 397 g/mol. The lowest BCUT2D eigenvalue weighted by Crippen LogP contribution is -2.05. The van der Waals surface area contributed by atoms with Crippen molar-refractivity contribution in [3.8, 4) is 0 Å². The van der Waals surface area contributed by atoms with Crippen LogP contribution in [-0.2, 0) is 11.3 Å². The first-order valence-electron chi connectivity index (χ1n) is 9.70. The number of ether oxygens (including phenoxy) is 1. The quantitative estimate of drug-likeness (QED) is 0.335. The second-order valence-corrected chi connectivity index (χ2v) is 6.88. The maximum absolute atomic E-state index is 13.5. The molecule has 0 aliphatic carbocycles. The third-order valence-electron chi connectivity index (χ3n) is 4.69. The molecule has 0 aliphatic heterocycles. The highest BCUT2D eigenvalue weighted by molar-refractivity contribution is 5.93. The lowest BCUT2D eigenvalue weighted by atomic mass is 10.2. The molecule has 0 amide bonds. The van der Waals surface area contributed by atoms with E-state index in [9.17, 15) is 4.39 Å². The largest absolute Gasteiger partial charge is 0.383 e. The lowest BCUT2D eigenvalue weighted by molar-refractivity contribution is 0.208. The number of hydrogen-bond acceptors (Lipinski definition) is 7. The normalized spacial score (nSPS) is 11.4. The van der Waals surface area contributed by atoms with Gasteiger partial charge in [-0.15, -0.1) is 0 Å². The van der Waals surface area contributed by atoms with Crippen LogP contribution in [0.2, 0.25) is 0 Å². The highest BCUT2D eigenvalue weighted by Gasteiger charge is 2.10. The van der Waals surface area contributed by atoms with Gasteiger partial charge in [0.15, 0.2) is 0 Å². The second-order valence-electron chi connectivity index (χ2n) is 6.88. The van der Waals surface area contributed by atoms with Crippen LogP contribution in [0.4, 0.5) is 21.7 Å². The fourth-order valence-electron chi connectivity index (χ4n) is 3.17. The molecule has 31 heavy (non-hydrogen) atoms. The van der Waals surface area contributed by atoms with Crippen molar-refractivity contribution < 1.29 is 9.13 Å². The van der Waals surface area contributed by atoms with Crippen molar-refractivity contribution in [3.05, 3.63) is 71.9 Å². The molecule has 2 aromatic heterocycles. The zero-order chi connectivity index (χ0) is 21.6. The average molecular weight is 419 g/mol. The van der Waals surface area contributed by atoms with Crippen molar-refractivity contribution in [1.82, 2.24) is 19.7 Å². The van der Waals surface area contributed by atoms with Gasteiger partial charge in [-0.1, -0.05) is 12.1 Å². The third-order valence-corrected chi connectivity index (χ3v) is 4.69. The molecule has 0 bridgehead atoms. The molecule has 0 radical (unpaired) electrons. The van der Waals surface area contributed by atoms with E-state index in [1.165, 1.54) is 18.5 Å². The van der Waals surface area contributed by atoms with Gasteiger partial charge in [0.05, 0.1) is 37.0 Å². The van der Waals surface area contributed by atoms with Crippen LogP contribution < -0.4 is 11.1 Å². The van der Waals surface area contributed by atoms with Gasteiger partial charge in [0.2, 0.25) is 0 Å². The number of nitrogens with two attached hydrogens (primary N) is 1. The summed E-state index contributed by atoms with van der Waals surface area (Å²) in [5.41, 5.74) is 9.24. The van der Waals surface area contributed by atoms with Gasteiger partial charge in [-0.05, 0) is 35.9 Å². The number of aromatic nitrogens is 4. The summed E-state index contributed by atoms with van der Waals surface area (Å²) < 4.78 is 20.3. The van der Waals surface area contributed by atoms with Gasteiger partial charge in [-0.2, -0.15) is 5.10 Å². The molecule has 0 unspecified atom stereocenters. The fraction of sp³-hybridized carbons (Fsp3) is 0.182. The molecule has 0 fully saturated rings. The molecule has 8 nitrogen and oxygen atoms in total. The van der Waals surface area contributed by atoms with Gasteiger partial charge in [-0.3, -0.25) is 9.67 Å². The van der Waals surface area contributed by atoms with Gasteiger partial charge >= 0.3 is 0 Å². The molecule has 0 aliphatic rings. The van der Waals surface area contributed by atoms with Gasteiger partial charge in [0.25, 0.3) is 0 Å². The molecule has 158 valence electrons. The van der Waals surface area contributed by atoms with E-state index in [2.05, 4.69) is 25.4 Å². The summed E-state index contributed by atoms with van der Waals surface area (Å²) in [4.78, 5) is 12.6. The molecule has 0 saturated carbocycles. The number of methoxy groups -OCH3 is 1. The van der Waals surface area contributed by atoms with Crippen LogP contribution in [0, 0.1) is 5.82 Å². The van der Waals surface area contributed by atoms with Crippen molar-refractivity contribution in [2.75, 3.05) is 31.3 Å². The number of aliphatic imine (C=N–C) groups is 1. The molecule has 4 rings (SSSR count). The molecule has 2 aromatic carbocycles. The number of benzene rings is 2. The van der Waals surface area contributed by atoms with Crippen molar-refractivity contribution in [2.24, 2.45) is 4.99 Å². The van der Waals surface area contributed by atoms with E-state index in [4.69, 9.17) is 10.5 Å². The Kier molecular flexibility index (Phi) is 6.13. The fourth-order valence-corrected chi connectivity index (χ4v) is 3.17. The molecule has 0 saturated heterocycles. The zero-order valence-corrected chi connectivity index (χ0v) is 17.0. The number of fused-ring (bicyclic) bond motifs is 1. The summed E-state index contributed by atoms with van der Waals surface area (Å²) in [5, 5.41) is 8.66. The minimum Gasteiger partial charge on any atom is -0.383 e. The van der Waals surface area contributed by atoms with Gasteiger partial charge in [0.1, 0.15) is 23.8 Å². The molecule has 4 aromatic rings. The first-order chi connectivity index (χ1) is 15.1. The Bertz CT molecular complexity index is 1220. The molecule has 0 atom stereocenters. The summed E-state index contributed by atoms with van der Waals surface area (Å²) >= 11 is 0. The summed E-state index contributed by atoms with van der Waals surface area (Å²) in [5.74, 6) is 0.633. The number of nitrogens with one attached hydrogen (secondary N) is 1. The van der Waals surface area contributed by atoms with Crippen LogP contribution in [0.3, 0.4) is 0 Å². The first-order valence-corrected chi connectivity index (χ1v) is 9.70. The minimum atomic E-state index is -0.258. The number of rotatable bonds is 8. The van der Waals surface area contributed by atoms with Crippen molar-refractivity contribution in [2.45, 2.75) is 6.54 Å². The van der Waals surface area contributed by atoms with E-state index in [0.29, 0.717) is 36.9 Å². The summed E-state index contributed by atoms with van der Waals surface area (Å²) in [7, 11) is 1.62. The third kappa shape index (κ3) is 4.84. The first kappa shape index (κ1) is 20.4. The zero-order valence-electron chi connectivity index (χ0n) is 17.0. The molecule has 9 heteroatoms.